The molecule has 124 valence electrons. The Hall–Kier alpha value is -2.19. The number of esters is 1. The summed E-state index contributed by atoms with van der Waals surface area (Å²) in [6.45, 7) is 0.219. The van der Waals surface area contributed by atoms with Crippen molar-refractivity contribution in [2.45, 2.75) is 4.90 Å². The smallest absolute Gasteiger partial charge is 0.338 e. The molecular weight excluding hydrogens is 396 g/mol. The third-order valence-electron chi connectivity index (χ3n) is 3.34. The van der Waals surface area contributed by atoms with Crippen molar-refractivity contribution >= 4 is 37.8 Å². The van der Waals surface area contributed by atoms with Crippen molar-refractivity contribution in [3.63, 3.8) is 0 Å². The average molecular weight is 409 g/mol. The summed E-state index contributed by atoms with van der Waals surface area (Å²) in [5.74, 6) is -0.180. The van der Waals surface area contributed by atoms with Gasteiger partial charge in [0.25, 0.3) is 10.0 Å². The van der Waals surface area contributed by atoms with E-state index in [1.807, 2.05) is 0 Å². The summed E-state index contributed by atoms with van der Waals surface area (Å²) in [6, 6.07) is 13.4. The Morgan fingerprint density at radius 3 is 2.58 bits per heavy atom. The molecule has 0 radical (unpaired) electrons. The summed E-state index contributed by atoms with van der Waals surface area (Å²) < 4.78 is 32.3. The number of sulfonamides is 1. The molecule has 1 N–H and O–H groups in total. The van der Waals surface area contributed by atoms with Gasteiger partial charge in [0.15, 0.2) is 0 Å². The first-order valence-corrected chi connectivity index (χ1v) is 9.34. The van der Waals surface area contributed by atoms with Crippen LogP contribution >= 0.6 is 15.9 Å². The van der Waals surface area contributed by atoms with E-state index in [2.05, 4.69) is 25.6 Å². The van der Waals surface area contributed by atoms with Gasteiger partial charge >= 0.3 is 5.97 Å². The molecule has 0 saturated heterocycles. The topological polar surface area (TPSA) is 84.8 Å². The molecule has 3 rings (SSSR count). The maximum atomic E-state index is 11.9. The highest BCUT2D eigenvalue weighted by Gasteiger charge is 2.29. The van der Waals surface area contributed by atoms with Crippen LogP contribution in [0.2, 0.25) is 0 Å². The van der Waals surface area contributed by atoms with Gasteiger partial charge in [-0.3, -0.25) is 9.71 Å². The quantitative estimate of drug-likeness (QED) is 0.621. The van der Waals surface area contributed by atoms with E-state index in [4.69, 9.17) is 4.74 Å². The molecule has 6 nitrogen and oxygen atoms in total. The summed E-state index contributed by atoms with van der Waals surface area (Å²) >= 11 is 3.29. The minimum absolute atomic E-state index is 0.0578. The van der Waals surface area contributed by atoms with Gasteiger partial charge in [0.1, 0.15) is 12.4 Å². The summed E-state index contributed by atoms with van der Waals surface area (Å²) in [6.07, 6.45) is 0. The summed E-state index contributed by atoms with van der Waals surface area (Å²) in [4.78, 5) is 16.2. The number of ether oxygens (including phenoxy) is 1. The number of hydrogen-bond donors (Lipinski definition) is 1. The Morgan fingerprint density at radius 1 is 1.12 bits per heavy atom. The molecule has 0 bridgehead atoms. The second-order valence-corrected chi connectivity index (χ2v) is 7.54. The lowest BCUT2D eigenvalue weighted by molar-refractivity contribution is 0.0517. The molecule has 0 saturated carbocycles. The average Bonchev–Trinajstić information content (AvgIpc) is 2.83. The zero-order chi connectivity index (χ0) is 17.2. The molecule has 0 amide bonds. The van der Waals surface area contributed by atoms with Crippen molar-refractivity contribution in [3.8, 4) is 0 Å². The Labute approximate surface area is 147 Å². The van der Waals surface area contributed by atoms with Crippen LogP contribution < -0.4 is 4.72 Å². The number of carbonyl (C=O) groups is 1. The number of carbonyl (C=O) groups excluding carboxylic acids is 1. The van der Waals surface area contributed by atoms with Gasteiger partial charge in [-0.2, -0.15) is 0 Å². The van der Waals surface area contributed by atoms with Gasteiger partial charge in [-0.05, 0) is 36.4 Å². The molecule has 1 aliphatic heterocycles. The van der Waals surface area contributed by atoms with Gasteiger partial charge in [0.2, 0.25) is 0 Å². The SMILES string of the molecule is O=C(OCCN=C1NS(=O)(=O)c2ccccc21)c1ccc(Br)cc1. The minimum atomic E-state index is -3.55. The molecule has 0 unspecified atom stereocenters. The van der Waals surface area contributed by atoms with Crippen molar-refractivity contribution in [1.82, 2.24) is 4.72 Å². The summed E-state index contributed by atoms with van der Waals surface area (Å²) in [5.41, 5.74) is 0.967. The zero-order valence-electron chi connectivity index (χ0n) is 12.4. The van der Waals surface area contributed by atoms with E-state index < -0.39 is 16.0 Å². The largest absolute Gasteiger partial charge is 0.460 e. The number of nitrogens with one attached hydrogen (secondary N) is 1. The lowest BCUT2D eigenvalue weighted by atomic mass is 10.2. The van der Waals surface area contributed by atoms with Gasteiger partial charge in [0, 0.05) is 10.0 Å². The fourth-order valence-electron chi connectivity index (χ4n) is 2.22. The first-order chi connectivity index (χ1) is 11.5. The van der Waals surface area contributed by atoms with Gasteiger partial charge in [-0.1, -0.05) is 28.1 Å². The zero-order valence-corrected chi connectivity index (χ0v) is 14.8. The van der Waals surface area contributed by atoms with Crippen LogP contribution in [0.4, 0.5) is 0 Å². The minimum Gasteiger partial charge on any atom is -0.460 e. The molecular formula is C16H13BrN2O4S. The molecule has 24 heavy (non-hydrogen) atoms. The standard InChI is InChI=1S/C16H13BrN2O4S/c17-12-7-5-11(6-8-12)16(20)23-10-9-18-15-13-3-1-2-4-14(13)24(21,22)19-15/h1-8H,9-10H2,(H,18,19). The van der Waals surface area contributed by atoms with E-state index in [-0.39, 0.29) is 23.9 Å². The number of hydrogen-bond acceptors (Lipinski definition) is 5. The maximum Gasteiger partial charge on any atom is 0.338 e. The van der Waals surface area contributed by atoms with E-state index in [1.54, 1.807) is 42.5 Å². The van der Waals surface area contributed by atoms with Gasteiger partial charge in [-0.25, -0.2) is 13.2 Å². The molecule has 0 atom stereocenters. The molecule has 0 aromatic heterocycles. The fourth-order valence-corrected chi connectivity index (χ4v) is 3.73. The summed E-state index contributed by atoms with van der Waals surface area (Å²) in [5, 5.41) is 0. The van der Waals surface area contributed by atoms with Crippen LogP contribution in [0.1, 0.15) is 15.9 Å². The number of fused-ring (bicyclic) bond motifs is 1. The van der Waals surface area contributed by atoms with E-state index in [0.717, 1.165) is 4.47 Å². The highest BCUT2D eigenvalue weighted by Crippen LogP contribution is 2.22. The first kappa shape index (κ1) is 16.7. The molecule has 8 heteroatoms. The molecule has 2 aromatic carbocycles. The Morgan fingerprint density at radius 2 is 1.83 bits per heavy atom. The van der Waals surface area contributed by atoms with E-state index >= 15 is 0 Å². The lowest BCUT2D eigenvalue weighted by Gasteiger charge is -2.04. The van der Waals surface area contributed by atoms with Crippen molar-refractivity contribution in [2.75, 3.05) is 13.2 Å². The van der Waals surface area contributed by atoms with Crippen LogP contribution in [-0.4, -0.2) is 33.4 Å². The Bertz CT molecular complexity index is 908. The fraction of sp³-hybridized carbons (Fsp3) is 0.125. The molecule has 0 aliphatic carbocycles. The molecule has 1 aliphatic rings. The number of nitrogens with zero attached hydrogens (tertiary/aromatic N) is 1. The van der Waals surface area contributed by atoms with Crippen molar-refractivity contribution in [2.24, 2.45) is 4.99 Å². The monoisotopic (exact) mass is 408 g/mol. The first-order valence-electron chi connectivity index (χ1n) is 7.07. The van der Waals surface area contributed by atoms with Crippen LogP contribution in [0.3, 0.4) is 0 Å². The van der Waals surface area contributed by atoms with Crippen molar-refractivity contribution in [3.05, 3.63) is 64.1 Å². The highest BCUT2D eigenvalue weighted by molar-refractivity contribution is 9.10. The Balaban J connectivity index is 1.62. The normalized spacial score (nSPS) is 16.5. The Kier molecular flexibility index (Phi) is 4.68. The van der Waals surface area contributed by atoms with Crippen molar-refractivity contribution < 1.29 is 17.9 Å². The lowest BCUT2D eigenvalue weighted by Crippen LogP contribution is -2.23. The van der Waals surface area contributed by atoms with Crippen LogP contribution in [-0.2, 0) is 14.8 Å². The third kappa shape index (κ3) is 3.49. The van der Waals surface area contributed by atoms with E-state index in [9.17, 15) is 13.2 Å². The molecule has 0 fully saturated rings. The second-order valence-electron chi connectivity index (χ2n) is 4.97. The maximum absolute atomic E-state index is 11.9. The number of halogens is 1. The molecule has 1 heterocycles. The summed E-state index contributed by atoms with van der Waals surface area (Å²) in [7, 11) is -3.55. The van der Waals surface area contributed by atoms with Crippen LogP contribution in [0, 0.1) is 0 Å². The van der Waals surface area contributed by atoms with Gasteiger partial charge in [0.05, 0.1) is 17.0 Å². The number of aliphatic imine (C=N–C) groups is 1. The van der Waals surface area contributed by atoms with Gasteiger partial charge in [-0.15, -0.1) is 0 Å². The van der Waals surface area contributed by atoms with E-state index in [0.29, 0.717) is 11.1 Å². The van der Waals surface area contributed by atoms with E-state index in [1.165, 1.54) is 6.07 Å². The third-order valence-corrected chi connectivity index (χ3v) is 5.26. The molecule has 0 spiro atoms. The van der Waals surface area contributed by atoms with Crippen LogP contribution in [0.5, 0.6) is 0 Å². The molecule has 2 aromatic rings. The number of amidine groups is 1. The van der Waals surface area contributed by atoms with Crippen LogP contribution in [0.25, 0.3) is 0 Å². The number of benzene rings is 2. The van der Waals surface area contributed by atoms with Gasteiger partial charge < -0.3 is 4.74 Å². The van der Waals surface area contributed by atoms with Crippen molar-refractivity contribution in [1.29, 1.82) is 0 Å². The predicted molar refractivity (Wildman–Crippen MR) is 92.6 cm³/mol. The van der Waals surface area contributed by atoms with Crippen LogP contribution in [0.15, 0.2) is 62.9 Å². The number of rotatable bonds is 4. The second kappa shape index (κ2) is 6.74. The predicted octanol–water partition coefficient (Wildman–Crippen LogP) is 2.34. The highest BCUT2D eigenvalue weighted by atomic mass is 79.9.